The quantitative estimate of drug-likeness (QED) is 0.411. The van der Waals surface area contributed by atoms with Crippen LogP contribution < -0.4 is 0 Å². The van der Waals surface area contributed by atoms with E-state index < -0.39 is 14.3 Å². The summed E-state index contributed by atoms with van der Waals surface area (Å²) in [4.78, 5) is 10.2. The smallest absolute Gasteiger partial charge is 0.305 e. The second kappa shape index (κ2) is 11.1. The van der Waals surface area contributed by atoms with E-state index in [1.165, 1.54) is 0 Å². The summed E-state index contributed by atoms with van der Waals surface area (Å²) in [7, 11) is -1.68. The lowest BCUT2D eigenvalue weighted by Crippen LogP contribution is -2.41. The predicted octanol–water partition coefficient (Wildman–Crippen LogP) is 2.53. The van der Waals surface area contributed by atoms with E-state index in [0.29, 0.717) is 39.6 Å². The van der Waals surface area contributed by atoms with E-state index in [1.54, 1.807) is 0 Å². The second-order valence-corrected chi connectivity index (χ2v) is 11.4. The third kappa shape index (κ3) is 11.1. The first kappa shape index (κ1) is 21.5. The van der Waals surface area contributed by atoms with Gasteiger partial charge < -0.3 is 23.7 Å². The Morgan fingerprint density at radius 2 is 1.27 bits per heavy atom. The molecule has 0 rings (SSSR count). The summed E-state index contributed by atoms with van der Waals surface area (Å²) in [6, 6.07) is 0. The Bertz CT molecular complexity index is 301. The summed E-state index contributed by atoms with van der Waals surface area (Å²) in [6.07, 6.45) is 0.0251. The van der Waals surface area contributed by atoms with Gasteiger partial charge in [0.05, 0.1) is 52.7 Å². The minimum atomic E-state index is -1.68. The van der Waals surface area contributed by atoms with Gasteiger partial charge >= 0.3 is 5.97 Å². The van der Waals surface area contributed by atoms with Crippen LogP contribution in [0.3, 0.4) is 0 Å². The highest BCUT2D eigenvalue weighted by Crippen LogP contribution is 2.36. The molecule has 0 aliphatic heterocycles. The van der Waals surface area contributed by atoms with E-state index in [4.69, 9.17) is 23.7 Å². The molecular weight excluding hydrogens is 304 g/mol. The fraction of sp³-hybridized carbons (Fsp3) is 0.933. The van der Waals surface area contributed by atoms with Gasteiger partial charge in [0.2, 0.25) is 0 Å². The van der Waals surface area contributed by atoms with Gasteiger partial charge in [-0.25, -0.2) is 0 Å². The van der Waals surface area contributed by atoms with Crippen molar-refractivity contribution >= 4 is 14.3 Å². The first-order chi connectivity index (χ1) is 10.2. The molecule has 0 bridgehead atoms. The highest BCUT2D eigenvalue weighted by Gasteiger charge is 2.36. The van der Waals surface area contributed by atoms with Crippen molar-refractivity contribution < 1.29 is 28.5 Å². The molecule has 0 radical (unpaired) electrons. The first-order valence-corrected chi connectivity index (χ1v) is 10.7. The van der Waals surface area contributed by atoms with Crippen molar-refractivity contribution in [1.82, 2.24) is 0 Å². The molecule has 0 unspecified atom stereocenters. The number of hydrogen-bond acceptors (Lipinski definition) is 5. The number of hydrogen-bond donors (Lipinski definition) is 1. The number of carbonyl (C=O) groups is 1. The highest BCUT2D eigenvalue weighted by molar-refractivity contribution is 6.74. The van der Waals surface area contributed by atoms with Gasteiger partial charge in [-0.1, -0.05) is 20.8 Å². The van der Waals surface area contributed by atoms with Gasteiger partial charge in [-0.15, -0.1) is 0 Å². The molecule has 132 valence electrons. The average molecular weight is 337 g/mol. The van der Waals surface area contributed by atoms with Crippen LogP contribution in [0.5, 0.6) is 0 Å². The topological polar surface area (TPSA) is 74.2 Å². The molecule has 0 saturated heterocycles. The Hall–Kier alpha value is -0.473. The minimum Gasteiger partial charge on any atom is -0.481 e. The van der Waals surface area contributed by atoms with Crippen LogP contribution in [0.15, 0.2) is 0 Å². The Morgan fingerprint density at radius 3 is 1.68 bits per heavy atom. The number of rotatable bonds is 13. The van der Waals surface area contributed by atoms with E-state index in [-0.39, 0.29) is 18.1 Å². The minimum absolute atomic E-state index is 0.0251. The fourth-order valence-corrected chi connectivity index (χ4v) is 2.30. The van der Waals surface area contributed by atoms with E-state index >= 15 is 0 Å². The van der Waals surface area contributed by atoms with Gasteiger partial charge in [0.1, 0.15) is 0 Å². The van der Waals surface area contributed by atoms with Crippen LogP contribution in [0.4, 0.5) is 0 Å². The molecule has 0 aromatic carbocycles. The molecule has 6 nitrogen and oxygen atoms in total. The van der Waals surface area contributed by atoms with Crippen LogP contribution in [0, 0.1) is 0 Å². The number of carboxylic acids is 1. The van der Waals surface area contributed by atoms with Gasteiger partial charge in [0.15, 0.2) is 8.32 Å². The van der Waals surface area contributed by atoms with Crippen LogP contribution in [0.25, 0.3) is 0 Å². The molecule has 0 spiro atoms. The van der Waals surface area contributed by atoms with E-state index in [9.17, 15) is 4.79 Å². The molecule has 22 heavy (non-hydrogen) atoms. The third-order valence-corrected chi connectivity index (χ3v) is 8.24. The molecule has 0 amide bonds. The lowest BCUT2D eigenvalue weighted by molar-refractivity contribution is -0.138. The van der Waals surface area contributed by atoms with Crippen molar-refractivity contribution in [3.05, 3.63) is 0 Å². The van der Waals surface area contributed by atoms with Gasteiger partial charge in [-0.3, -0.25) is 4.79 Å². The Balaban J connectivity index is 3.33. The maximum absolute atomic E-state index is 10.2. The molecule has 0 fully saturated rings. The number of aliphatic carboxylic acids is 1. The summed E-state index contributed by atoms with van der Waals surface area (Å²) in [5, 5.41) is 8.64. The van der Waals surface area contributed by atoms with Crippen molar-refractivity contribution in [3.63, 3.8) is 0 Å². The van der Waals surface area contributed by atoms with Gasteiger partial charge in [0.25, 0.3) is 0 Å². The molecule has 0 saturated carbocycles. The number of ether oxygens (including phenoxy) is 3. The summed E-state index contributed by atoms with van der Waals surface area (Å²) in [5.74, 6) is -0.853. The van der Waals surface area contributed by atoms with Gasteiger partial charge in [-0.05, 0) is 18.1 Å². The molecule has 0 aliphatic rings. The Kier molecular flexibility index (Phi) is 10.9. The first-order valence-electron chi connectivity index (χ1n) is 7.76. The zero-order chi connectivity index (χ0) is 17.1. The molecular formula is C15H32O6Si. The van der Waals surface area contributed by atoms with Crippen molar-refractivity contribution in [1.29, 1.82) is 0 Å². The Labute approximate surface area is 135 Å². The molecule has 0 heterocycles. The summed E-state index contributed by atoms with van der Waals surface area (Å²) in [6.45, 7) is 14.4. The molecule has 0 aromatic heterocycles. The largest absolute Gasteiger partial charge is 0.481 e. The molecule has 1 N–H and O–H groups in total. The van der Waals surface area contributed by atoms with Crippen LogP contribution in [0.2, 0.25) is 18.1 Å². The van der Waals surface area contributed by atoms with Crippen molar-refractivity contribution in [2.75, 3.05) is 46.2 Å². The van der Waals surface area contributed by atoms with Crippen molar-refractivity contribution in [2.45, 2.75) is 45.3 Å². The van der Waals surface area contributed by atoms with Gasteiger partial charge in [-0.2, -0.15) is 0 Å². The third-order valence-electron chi connectivity index (χ3n) is 3.70. The molecule has 0 atom stereocenters. The lowest BCUT2D eigenvalue weighted by atomic mass is 10.2. The maximum atomic E-state index is 10.2. The molecule has 7 heteroatoms. The maximum Gasteiger partial charge on any atom is 0.305 e. The number of carboxylic acid groups (broad SMARTS) is 1. The van der Waals surface area contributed by atoms with Crippen LogP contribution in [-0.4, -0.2) is 65.6 Å². The standard InChI is InChI=1S/C15H32O6Si/c1-15(2,3)22(4,5)21-13-12-20-11-10-19-9-8-18-7-6-14(16)17/h6-13H2,1-5H3,(H,16,17). The van der Waals surface area contributed by atoms with Crippen molar-refractivity contribution in [2.24, 2.45) is 0 Å². The van der Waals surface area contributed by atoms with Crippen LogP contribution in [-0.2, 0) is 23.4 Å². The molecule has 0 aromatic rings. The molecule has 0 aliphatic carbocycles. The highest BCUT2D eigenvalue weighted by atomic mass is 28.4. The van der Waals surface area contributed by atoms with Crippen LogP contribution >= 0.6 is 0 Å². The Morgan fingerprint density at radius 1 is 0.864 bits per heavy atom. The van der Waals surface area contributed by atoms with E-state index in [1.807, 2.05) is 0 Å². The lowest BCUT2D eigenvalue weighted by Gasteiger charge is -2.36. The summed E-state index contributed by atoms with van der Waals surface area (Å²) < 4.78 is 21.9. The average Bonchev–Trinajstić information content (AvgIpc) is 2.38. The normalized spacial score (nSPS) is 12.6. The summed E-state index contributed by atoms with van der Waals surface area (Å²) in [5.41, 5.74) is 0. The second-order valence-electron chi connectivity index (χ2n) is 6.59. The van der Waals surface area contributed by atoms with Gasteiger partial charge in [0, 0.05) is 0 Å². The zero-order valence-corrected chi connectivity index (χ0v) is 15.6. The predicted molar refractivity (Wildman–Crippen MR) is 87.9 cm³/mol. The van der Waals surface area contributed by atoms with E-state index in [2.05, 4.69) is 33.9 Å². The van der Waals surface area contributed by atoms with Crippen LogP contribution in [0.1, 0.15) is 27.2 Å². The van der Waals surface area contributed by atoms with E-state index in [0.717, 1.165) is 0 Å². The van der Waals surface area contributed by atoms with Crippen molar-refractivity contribution in [3.8, 4) is 0 Å². The summed E-state index contributed by atoms with van der Waals surface area (Å²) >= 11 is 0. The monoisotopic (exact) mass is 336 g/mol. The SMILES string of the molecule is CC(C)(C)[Si](C)(C)OCCOCCOCCOCCC(=O)O. The zero-order valence-electron chi connectivity index (χ0n) is 14.6. The fourth-order valence-electron chi connectivity index (χ4n) is 1.27.